The van der Waals surface area contributed by atoms with Gasteiger partial charge in [0.1, 0.15) is 0 Å². The summed E-state index contributed by atoms with van der Waals surface area (Å²) in [5.74, 6) is -0.256. The Morgan fingerprint density at radius 3 is 2.42 bits per heavy atom. The summed E-state index contributed by atoms with van der Waals surface area (Å²) in [4.78, 5) is 14.2. The maximum atomic E-state index is 12.7. The fraction of sp³-hybridized carbons (Fsp3) is 0.353. The van der Waals surface area contributed by atoms with E-state index in [9.17, 15) is 13.2 Å². The quantitative estimate of drug-likeness (QED) is 0.700. The number of carbonyl (C=O) groups is 1. The molecule has 7 heteroatoms. The van der Waals surface area contributed by atoms with E-state index in [-0.39, 0.29) is 10.8 Å². The predicted molar refractivity (Wildman–Crippen MR) is 92.3 cm³/mol. The number of ether oxygens (including phenoxy) is 1. The number of sulfonamides is 1. The Bertz CT molecular complexity index is 699. The van der Waals surface area contributed by atoms with Crippen molar-refractivity contribution >= 4 is 15.9 Å². The summed E-state index contributed by atoms with van der Waals surface area (Å²) in [5.41, 5.74) is 0.327. The molecule has 2 rings (SSSR count). The number of morpholine rings is 1. The van der Waals surface area contributed by atoms with Gasteiger partial charge in [-0.3, -0.25) is 4.79 Å². The van der Waals surface area contributed by atoms with E-state index in [1.165, 1.54) is 16.4 Å². The van der Waals surface area contributed by atoms with Crippen LogP contribution < -0.4 is 0 Å². The molecule has 0 saturated carbocycles. The first-order valence-electron chi connectivity index (χ1n) is 7.69. The molecule has 1 saturated heterocycles. The normalized spacial score (nSPS) is 15.7. The Balaban J connectivity index is 2.28. The molecule has 0 N–H and O–H groups in total. The van der Waals surface area contributed by atoms with Crippen LogP contribution in [0.2, 0.25) is 0 Å². The van der Waals surface area contributed by atoms with Crippen LogP contribution in [0.4, 0.5) is 0 Å². The summed E-state index contributed by atoms with van der Waals surface area (Å²) in [5, 5.41) is 0. The molecule has 24 heavy (non-hydrogen) atoms. The molecule has 0 radical (unpaired) electrons. The smallest absolute Gasteiger partial charge is 0.254 e. The molecule has 1 aliphatic heterocycles. The highest BCUT2D eigenvalue weighted by molar-refractivity contribution is 7.89. The molecule has 0 unspecified atom stereocenters. The van der Waals surface area contributed by atoms with Crippen LogP contribution in [0.5, 0.6) is 0 Å². The molecule has 0 atom stereocenters. The molecule has 1 aromatic rings. The third-order valence-corrected chi connectivity index (χ3v) is 5.57. The Labute approximate surface area is 143 Å². The average molecular weight is 350 g/mol. The molecule has 0 aliphatic carbocycles. The summed E-state index contributed by atoms with van der Waals surface area (Å²) < 4.78 is 32.0. The number of amides is 1. The van der Waals surface area contributed by atoms with Gasteiger partial charge in [-0.2, -0.15) is 4.31 Å². The molecular formula is C17H22N2O4S. The van der Waals surface area contributed by atoms with Crippen LogP contribution >= 0.6 is 0 Å². The Hall–Kier alpha value is -1.96. The first-order chi connectivity index (χ1) is 11.5. The van der Waals surface area contributed by atoms with Crippen LogP contribution in [-0.4, -0.2) is 62.9 Å². The van der Waals surface area contributed by atoms with Crippen molar-refractivity contribution in [3.63, 3.8) is 0 Å². The van der Waals surface area contributed by atoms with E-state index in [1.54, 1.807) is 29.2 Å². The van der Waals surface area contributed by atoms with Crippen LogP contribution in [0.3, 0.4) is 0 Å². The molecule has 0 aromatic heterocycles. The fourth-order valence-corrected chi connectivity index (χ4v) is 3.91. The van der Waals surface area contributed by atoms with Crippen molar-refractivity contribution in [2.75, 3.05) is 39.4 Å². The van der Waals surface area contributed by atoms with E-state index in [1.807, 2.05) is 0 Å². The molecule has 1 heterocycles. The standard InChI is InChI=1S/C17H22N2O4S/c1-3-8-18(9-4-2)17(20)15-6-5-7-16(14-15)24(21,22)19-10-12-23-13-11-19/h3-7,14H,1-2,8-13H2. The Morgan fingerprint density at radius 1 is 1.21 bits per heavy atom. The molecule has 6 nitrogen and oxygen atoms in total. The zero-order valence-corrected chi connectivity index (χ0v) is 14.4. The molecule has 1 amide bonds. The zero-order valence-electron chi connectivity index (χ0n) is 13.6. The SMILES string of the molecule is C=CCN(CC=C)C(=O)c1cccc(S(=O)(=O)N2CCOCC2)c1. The summed E-state index contributed by atoms with van der Waals surface area (Å²) in [6.07, 6.45) is 3.24. The minimum Gasteiger partial charge on any atom is -0.379 e. The number of hydrogen-bond acceptors (Lipinski definition) is 4. The van der Waals surface area contributed by atoms with Crippen LogP contribution in [0.1, 0.15) is 10.4 Å². The van der Waals surface area contributed by atoms with Gasteiger partial charge in [-0.15, -0.1) is 13.2 Å². The summed E-state index contributed by atoms with van der Waals surface area (Å²) in [6.45, 7) is 9.40. The lowest BCUT2D eigenvalue weighted by Gasteiger charge is -2.26. The lowest BCUT2D eigenvalue weighted by Crippen LogP contribution is -2.40. The van der Waals surface area contributed by atoms with Crippen molar-refractivity contribution < 1.29 is 17.9 Å². The van der Waals surface area contributed by atoms with Crippen LogP contribution in [0, 0.1) is 0 Å². The number of rotatable bonds is 7. The van der Waals surface area contributed by atoms with E-state index < -0.39 is 10.0 Å². The minimum absolute atomic E-state index is 0.118. The van der Waals surface area contributed by atoms with E-state index in [4.69, 9.17) is 4.74 Å². The van der Waals surface area contributed by atoms with Gasteiger partial charge in [0.05, 0.1) is 18.1 Å². The van der Waals surface area contributed by atoms with Gasteiger partial charge in [0.15, 0.2) is 0 Å². The van der Waals surface area contributed by atoms with Crippen molar-refractivity contribution in [1.82, 2.24) is 9.21 Å². The zero-order chi connectivity index (χ0) is 17.6. The van der Waals surface area contributed by atoms with Crippen molar-refractivity contribution in [2.24, 2.45) is 0 Å². The number of nitrogens with zero attached hydrogens (tertiary/aromatic N) is 2. The third kappa shape index (κ3) is 4.11. The van der Waals surface area contributed by atoms with Gasteiger partial charge in [-0.1, -0.05) is 18.2 Å². The van der Waals surface area contributed by atoms with Crippen molar-refractivity contribution in [1.29, 1.82) is 0 Å². The van der Waals surface area contributed by atoms with Gasteiger partial charge in [0.2, 0.25) is 10.0 Å². The number of benzene rings is 1. The van der Waals surface area contributed by atoms with E-state index in [2.05, 4.69) is 13.2 Å². The monoisotopic (exact) mass is 350 g/mol. The highest BCUT2D eigenvalue weighted by Crippen LogP contribution is 2.19. The topological polar surface area (TPSA) is 66.9 Å². The van der Waals surface area contributed by atoms with Crippen molar-refractivity contribution in [2.45, 2.75) is 4.90 Å². The largest absolute Gasteiger partial charge is 0.379 e. The summed E-state index contributed by atoms with van der Waals surface area (Å²) in [7, 11) is -3.63. The summed E-state index contributed by atoms with van der Waals surface area (Å²) >= 11 is 0. The second kappa shape index (κ2) is 8.23. The lowest BCUT2D eigenvalue weighted by atomic mass is 10.2. The highest BCUT2D eigenvalue weighted by Gasteiger charge is 2.27. The molecule has 0 bridgehead atoms. The second-order valence-electron chi connectivity index (χ2n) is 5.33. The van der Waals surface area contributed by atoms with Gasteiger partial charge in [0.25, 0.3) is 5.91 Å². The fourth-order valence-electron chi connectivity index (χ4n) is 2.46. The Kier molecular flexibility index (Phi) is 6.30. The molecule has 1 fully saturated rings. The highest BCUT2D eigenvalue weighted by atomic mass is 32.2. The first-order valence-corrected chi connectivity index (χ1v) is 9.13. The maximum absolute atomic E-state index is 12.7. The van der Waals surface area contributed by atoms with E-state index >= 15 is 0 Å². The number of hydrogen-bond donors (Lipinski definition) is 0. The van der Waals surface area contributed by atoms with Gasteiger partial charge in [-0.05, 0) is 18.2 Å². The van der Waals surface area contributed by atoms with Crippen LogP contribution in [-0.2, 0) is 14.8 Å². The molecular weight excluding hydrogens is 328 g/mol. The molecule has 0 spiro atoms. The van der Waals surface area contributed by atoms with Crippen molar-refractivity contribution in [3.8, 4) is 0 Å². The minimum atomic E-state index is -3.63. The molecule has 1 aromatic carbocycles. The Morgan fingerprint density at radius 2 is 1.83 bits per heavy atom. The lowest BCUT2D eigenvalue weighted by molar-refractivity contribution is 0.0730. The predicted octanol–water partition coefficient (Wildman–Crippen LogP) is 1.52. The molecule has 1 aliphatic rings. The average Bonchev–Trinajstić information content (AvgIpc) is 2.62. The second-order valence-corrected chi connectivity index (χ2v) is 7.27. The van der Waals surface area contributed by atoms with Gasteiger partial charge in [0, 0.05) is 31.7 Å². The van der Waals surface area contributed by atoms with E-state index in [0.717, 1.165) is 0 Å². The van der Waals surface area contributed by atoms with Crippen LogP contribution in [0.25, 0.3) is 0 Å². The summed E-state index contributed by atoms with van der Waals surface area (Å²) in [6, 6.07) is 6.12. The van der Waals surface area contributed by atoms with E-state index in [0.29, 0.717) is 45.0 Å². The first kappa shape index (κ1) is 18.4. The van der Waals surface area contributed by atoms with Gasteiger partial charge in [-0.25, -0.2) is 8.42 Å². The van der Waals surface area contributed by atoms with Crippen molar-refractivity contribution in [3.05, 3.63) is 55.1 Å². The van der Waals surface area contributed by atoms with Gasteiger partial charge >= 0.3 is 0 Å². The van der Waals surface area contributed by atoms with Gasteiger partial charge < -0.3 is 9.64 Å². The third-order valence-electron chi connectivity index (χ3n) is 3.68. The molecule has 130 valence electrons. The maximum Gasteiger partial charge on any atom is 0.254 e. The number of carbonyl (C=O) groups excluding carboxylic acids is 1. The van der Waals surface area contributed by atoms with Crippen LogP contribution in [0.15, 0.2) is 54.5 Å².